The maximum Gasteiger partial charge on any atom is 0.273 e. The third kappa shape index (κ3) is 3.29. The first-order valence-electron chi connectivity index (χ1n) is 6.35. The fourth-order valence-corrected chi connectivity index (χ4v) is 1.94. The molecule has 0 saturated carbocycles. The van der Waals surface area contributed by atoms with Gasteiger partial charge in [0.15, 0.2) is 11.5 Å². The molecule has 0 unspecified atom stereocenters. The van der Waals surface area contributed by atoms with Crippen LogP contribution in [-0.2, 0) is 6.54 Å². The van der Waals surface area contributed by atoms with Crippen molar-refractivity contribution in [3.05, 3.63) is 57.6 Å². The lowest BCUT2D eigenvalue weighted by Gasteiger charge is -2.13. The molecule has 6 heteroatoms. The van der Waals surface area contributed by atoms with Crippen LogP contribution in [0.4, 0.5) is 5.69 Å². The Morgan fingerprint density at radius 3 is 2.48 bits per heavy atom. The number of non-ortho nitro benzene ring substituents is 1. The first-order chi connectivity index (χ1) is 10.0. The van der Waals surface area contributed by atoms with Crippen molar-refractivity contribution in [1.82, 2.24) is 0 Å². The average molecular weight is 288 g/mol. The van der Waals surface area contributed by atoms with Crippen LogP contribution in [0.25, 0.3) is 0 Å². The summed E-state index contributed by atoms with van der Waals surface area (Å²) in [6.45, 7) is 2.31. The lowest BCUT2D eigenvalue weighted by Crippen LogP contribution is -2.01. The molecular weight excluding hydrogens is 272 g/mol. The molecule has 0 amide bonds. The predicted molar refractivity (Wildman–Crippen MR) is 78.8 cm³/mol. The summed E-state index contributed by atoms with van der Waals surface area (Å²) < 4.78 is 10.9. The Bertz CT molecular complexity index is 671. The normalized spacial score (nSPS) is 10.2. The van der Waals surface area contributed by atoms with Gasteiger partial charge in [-0.25, -0.2) is 0 Å². The number of nitrogens with two attached hydrogens (primary N) is 1. The van der Waals surface area contributed by atoms with E-state index in [1.165, 1.54) is 25.3 Å². The van der Waals surface area contributed by atoms with Crippen molar-refractivity contribution in [3.63, 3.8) is 0 Å². The van der Waals surface area contributed by atoms with E-state index in [0.717, 1.165) is 11.1 Å². The van der Waals surface area contributed by atoms with Crippen LogP contribution < -0.4 is 15.2 Å². The monoisotopic (exact) mass is 288 g/mol. The van der Waals surface area contributed by atoms with Crippen LogP contribution in [0.5, 0.6) is 17.2 Å². The van der Waals surface area contributed by atoms with E-state index in [1.807, 2.05) is 25.1 Å². The summed E-state index contributed by atoms with van der Waals surface area (Å²) in [5.41, 5.74) is 7.59. The van der Waals surface area contributed by atoms with Crippen LogP contribution in [0.3, 0.4) is 0 Å². The van der Waals surface area contributed by atoms with Gasteiger partial charge in [0.1, 0.15) is 5.75 Å². The highest BCUT2D eigenvalue weighted by Gasteiger charge is 2.14. The largest absolute Gasteiger partial charge is 0.493 e. The third-order valence-corrected chi connectivity index (χ3v) is 3.01. The van der Waals surface area contributed by atoms with Gasteiger partial charge in [-0.2, -0.15) is 0 Å². The molecule has 0 spiro atoms. The molecule has 0 aliphatic rings. The molecule has 21 heavy (non-hydrogen) atoms. The van der Waals surface area contributed by atoms with Gasteiger partial charge in [-0.15, -0.1) is 0 Å². The molecule has 0 radical (unpaired) electrons. The second-order valence-corrected chi connectivity index (χ2v) is 4.51. The van der Waals surface area contributed by atoms with Crippen molar-refractivity contribution >= 4 is 5.69 Å². The Hall–Kier alpha value is -2.60. The zero-order valence-corrected chi connectivity index (χ0v) is 11.8. The average Bonchev–Trinajstić information content (AvgIpc) is 2.49. The van der Waals surface area contributed by atoms with Crippen molar-refractivity contribution in [1.29, 1.82) is 0 Å². The van der Waals surface area contributed by atoms with Crippen molar-refractivity contribution < 1.29 is 14.4 Å². The van der Waals surface area contributed by atoms with Crippen LogP contribution in [0, 0.1) is 17.0 Å². The molecule has 0 aliphatic heterocycles. The minimum Gasteiger partial charge on any atom is -0.493 e. The Morgan fingerprint density at radius 2 is 1.86 bits per heavy atom. The smallest absolute Gasteiger partial charge is 0.273 e. The summed E-state index contributed by atoms with van der Waals surface area (Å²) in [5.74, 6) is 1.31. The van der Waals surface area contributed by atoms with E-state index in [9.17, 15) is 10.1 Å². The number of hydrogen-bond donors (Lipinski definition) is 1. The van der Waals surface area contributed by atoms with Gasteiger partial charge < -0.3 is 15.2 Å². The summed E-state index contributed by atoms with van der Waals surface area (Å²) in [6.07, 6.45) is 0. The number of methoxy groups -OCH3 is 1. The van der Waals surface area contributed by atoms with Crippen LogP contribution in [0.2, 0.25) is 0 Å². The maximum atomic E-state index is 10.8. The molecule has 0 saturated heterocycles. The highest BCUT2D eigenvalue weighted by molar-refractivity contribution is 5.51. The maximum absolute atomic E-state index is 10.8. The molecule has 6 nitrogen and oxygen atoms in total. The first kappa shape index (κ1) is 14.8. The molecule has 0 aromatic heterocycles. The zero-order chi connectivity index (χ0) is 15.4. The van der Waals surface area contributed by atoms with E-state index < -0.39 is 4.92 Å². The van der Waals surface area contributed by atoms with E-state index in [4.69, 9.17) is 15.2 Å². The van der Waals surface area contributed by atoms with Crippen molar-refractivity contribution in [3.8, 4) is 17.2 Å². The van der Waals surface area contributed by atoms with Gasteiger partial charge in [-0.3, -0.25) is 10.1 Å². The van der Waals surface area contributed by atoms with Crippen LogP contribution in [0.15, 0.2) is 36.4 Å². The molecule has 0 fully saturated rings. The fourth-order valence-electron chi connectivity index (χ4n) is 1.94. The molecule has 2 aromatic carbocycles. The number of hydrogen-bond acceptors (Lipinski definition) is 5. The van der Waals surface area contributed by atoms with Gasteiger partial charge in [0, 0.05) is 18.2 Å². The molecule has 110 valence electrons. The van der Waals surface area contributed by atoms with Crippen LogP contribution in [-0.4, -0.2) is 12.0 Å². The predicted octanol–water partition coefficient (Wildman–Crippen LogP) is 3.16. The van der Waals surface area contributed by atoms with Crippen molar-refractivity contribution in [2.75, 3.05) is 7.11 Å². The number of ether oxygens (including phenoxy) is 2. The highest BCUT2D eigenvalue weighted by atomic mass is 16.6. The quantitative estimate of drug-likeness (QED) is 0.674. The standard InChI is InChI=1S/C15H16N2O4/c1-10-3-5-13(11(7-10)9-16)21-14-6-4-12(17(18)19)8-15(14)20-2/h3-8H,9,16H2,1-2H3. The van der Waals surface area contributed by atoms with E-state index in [2.05, 4.69) is 0 Å². The summed E-state index contributed by atoms with van der Waals surface area (Å²) in [4.78, 5) is 10.3. The van der Waals surface area contributed by atoms with Crippen LogP contribution >= 0.6 is 0 Å². The van der Waals surface area contributed by atoms with Gasteiger partial charge in [0.2, 0.25) is 0 Å². The minimum absolute atomic E-state index is 0.0536. The Morgan fingerprint density at radius 1 is 1.14 bits per heavy atom. The Kier molecular flexibility index (Phi) is 4.39. The van der Waals surface area contributed by atoms with Gasteiger partial charge in [-0.05, 0) is 19.1 Å². The number of benzene rings is 2. The molecule has 0 aliphatic carbocycles. The SMILES string of the molecule is COc1cc([N+](=O)[O-])ccc1Oc1ccc(C)cc1CN. The van der Waals surface area contributed by atoms with E-state index in [0.29, 0.717) is 23.8 Å². The van der Waals surface area contributed by atoms with Gasteiger partial charge in [0.05, 0.1) is 18.1 Å². The Labute approximate surface area is 122 Å². The Balaban J connectivity index is 2.37. The summed E-state index contributed by atoms with van der Waals surface area (Å²) in [6, 6.07) is 9.87. The van der Waals surface area contributed by atoms with Crippen molar-refractivity contribution in [2.24, 2.45) is 5.73 Å². The van der Waals surface area contributed by atoms with E-state index >= 15 is 0 Å². The second kappa shape index (κ2) is 6.23. The number of aryl methyl sites for hydroxylation is 1. The molecule has 0 heterocycles. The summed E-state index contributed by atoms with van der Waals surface area (Å²) >= 11 is 0. The van der Waals surface area contributed by atoms with Gasteiger partial charge in [0.25, 0.3) is 5.69 Å². The number of nitro groups is 1. The fraction of sp³-hybridized carbons (Fsp3) is 0.200. The molecule has 2 N–H and O–H groups in total. The zero-order valence-electron chi connectivity index (χ0n) is 11.8. The molecular formula is C15H16N2O4. The molecule has 0 bridgehead atoms. The van der Waals surface area contributed by atoms with Crippen molar-refractivity contribution in [2.45, 2.75) is 13.5 Å². The molecule has 2 rings (SSSR count). The number of rotatable bonds is 5. The minimum atomic E-state index is -0.483. The lowest BCUT2D eigenvalue weighted by molar-refractivity contribution is -0.384. The van der Waals surface area contributed by atoms with Gasteiger partial charge >= 0.3 is 0 Å². The first-order valence-corrected chi connectivity index (χ1v) is 6.35. The number of nitro benzene ring substituents is 1. The van der Waals surface area contributed by atoms with Crippen LogP contribution in [0.1, 0.15) is 11.1 Å². The third-order valence-electron chi connectivity index (χ3n) is 3.01. The lowest BCUT2D eigenvalue weighted by atomic mass is 10.1. The molecule has 2 aromatic rings. The summed E-state index contributed by atoms with van der Waals surface area (Å²) in [7, 11) is 1.44. The highest BCUT2D eigenvalue weighted by Crippen LogP contribution is 2.35. The van der Waals surface area contributed by atoms with Gasteiger partial charge in [-0.1, -0.05) is 17.7 Å². The molecule has 0 atom stereocenters. The summed E-state index contributed by atoms with van der Waals surface area (Å²) in [5, 5.41) is 10.8. The van der Waals surface area contributed by atoms with E-state index in [1.54, 1.807) is 0 Å². The number of nitrogens with zero attached hydrogens (tertiary/aromatic N) is 1. The topological polar surface area (TPSA) is 87.6 Å². The van der Waals surface area contributed by atoms with E-state index in [-0.39, 0.29) is 5.69 Å². The second-order valence-electron chi connectivity index (χ2n) is 4.51.